The van der Waals surface area contributed by atoms with Crippen LogP contribution in [-0.4, -0.2) is 11.6 Å². The Kier molecular flexibility index (Phi) is 3.92. The lowest BCUT2D eigenvalue weighted by Crippen LogP contribution is -2.01. The summed E-state index contributed by atoms with van der Waals surface area (Å²) in [5.74, 6) is 0.701. The van der Waals surface area contributed by atoms with Crippen LogP contribution in [0.3, 0.4) is 0 Å². The number of rotatable bonds is 4. The van der Waals surface area contributed by atoms with Crippen molar-refractivity contribution < 1.29 is 9.15 Å². The monoisotopic (exact) mass is 295 g/mol. The second-order valence-corrected chi connectivity index (χ2v) is 5.15. The zero-order valence-corrected chi connectivity index (χ0v) is 12.6. The lowest BCUT2D eigenvalue weighted by atomic mass is 10.0. The molecule has 0 saturated carbocycles. The average Bonchev–Trinajstić information content (AvgIpc) is 2.52. The van der Waals surface area contributed by atoms with E-state index in [9.17, 15) is 4.79 Å². The van der Waals surface area contributed by atoms with E-state index in [1.165, 1.54) is 6.07 Å². The summed E-state index contributed by atoms with van der Waals surface area (Å²) in [6.45, 7) is 4.65. The van der Waals surface area contributed by atoms with Crippen molar-refractivity contribution in [1.82, 2.24) is 4.98 Å². The Hall–Kier alpha value is -2.62. The van der Waals surface area contributed by atoms with Crippen LogP contribution in [0.4, 0.5) is 0 Å². The van der Waals surface area contributed by atoms with Crippen molar-refractivity contribution in [3.63, 3.8) is 0 Å². The molecule has 0 aliphatic rings. The smallest absolute Gasteiger partial charge is 0.336 e. The average molecular weight is 295 g/mol. The summed E-state index contributed by atoms with van der Waals surface area (Å²) in [6.07, 6.45) is 2.65. The van der Waals surface area contributed by atoms with Crippen LogP contribution in [0.2, 0.25) is 0 Å². The highest BCUT2D eigenvalue weighted by Crippen LogP contribution is 2.30. The van der Waals surface area contributed by atoms with Gasteiger partial charge >= 0.3 is 5.63 Å². The van der Waals surface area contributed by atoms with Crippen LogP contribution in [0.1, 0.15) is 18.9 Å². The van der Waals surface area contributed by atoms with E-state index in [1.54, 1.807) is 12.3 Å². The number of hydrogen-bond donors (Lipinski definition) is 0. The topological polar surface area (TPSA) is 52.3 Å². The molecule has 2 heterocycles. The molecule has 3 rings (SSSR count). The summed E-state index contributed by atoms with van der Waals surface area (Å²) in [6, 6.07) is 10.9. The van der Waals surface area contributed by atoms with E-state index >= 15 is 0 Å². The Bertz CT molecular complexity index is 868. The Morgan fingerprint density at radius 1 is 1.23 bits per heavy atom. The number of aryl methyl sites for hydroxylation is 1. The summed E-state index contributed by atoms with van der Waals surface area (Å²) < 4.78 is 10.9. The lowest BCUT2D eigenvalue weighted by molar-refractivity contribution is 0.317. The molecule has 4 heteroatoms. The van der Waals surface area contributed by atoms with Gasteiger partial charge < -0.3 is 9.15 Å². The summed E-state index contributed by atoms with van der Waals surface area (Å²) in [7, 11) is 0. The van der Waals surface area contributed by atoms with Crippen LogP contribution in [0.5, 0.6) is 5.75 Å². The predicted molar refractivity (Wildman–Crippen MR) is 86.2 cm³/mol. The van der Waals surface area contributed by atoms with Gasteiger partial charge in [0.25, 0.3) is 0 Å². The quantitative estimate of drug-likeness (QED) is 0.684. The third-order valence-corrected chi connectivity index (χ3v) is 3.45. The number of pyridine rings is 1. The molecule has 2 aromatic heterocycles. The minimum absolute atomic E-state index is 0.389. The Morgan fingerprint density at radius 2 is 2.09 bits per heavy atom. The summed E-state index contributed by atoms with van der Waals surface area (Å²) in [4.78, 5) is 16.3. The maximum atomic E-state index is 11.9. The van der Waals surface area contributed by atoms with Gasteiger partial charge in [-0.1, -0.05) is 13.0 Å². The largest absolute Gasteiger partial charge is 0.493 e. The SMILES string of the molecule is CCCOc1ccc2c(-c3ncccc3C)cc(=O)oc2c1. The summed E-state index contributed by atoms with van der Waals surface area (Å²) >= 11 is 0. The fraction of sp³-hybridized carbons (Fsp3) is 0.222. The fourth-order valence-electron chi connectivity index (χ4n) is 2.42. The highest BCUT2D eigenvalue weighted by Gasteiger charge is 2.11. The first-order chi connectivity index (χ1) is 10.7. The maximum Gasteiger partial charge on any atom is 0.336 e. The number of benzene rings is 1. The molecule has 22 heavy (non-hydrogen) atoms. The first kappa shape index (κ1) is 14.3. The minimum Gasteiger partial charge on any atom is -0.493 e. The molecule has 1 aromatic carbocycles. The van der Waals surface area contributed by atoms with Gasteiger partial charge in [0.05, 0.1) is 12.3 Å². The van der Waals surface area contributed by atoms with Gasteiger partial charge in [-0.15, -0.1) is 0 Å². The second-order valence-electron chi connectivity index (χ2n) is 5.15. The number of fused-ring (bicyclic) bond motifs is 1. The van der Waals surface area contributed by atoms with E-state index < -0.39 is 0 Å². The van der Waals surface area contributed by atoms with Crippen LogP contribution in [-0.2, 0) is 0 Å². The van der Waals surface area contributed by atoms with Gasteiger partial charge in [-0.2, -0.15) is 0 Å². The molecule has 3 aromatic rings. The van der Waals surface area contributed by atoms with Crippen molar-refractivity contribution in [3.8, 4) is 17.0 Å². The third-order valence-electron chi connectivity index (χ3n) is 3.45. The van der Waals surface area contributed by atoms with Crippen LogP contribution >= 0.6 is 0 Å². The molecule has 0 bridgehead atoms. The standard InChI is InChI=1S/C18H17NO3/c1-3-9-21-13-6-7-14-15(11-17(20)22-16(14)10-13)18-12(2)5-4-8-19-18/h4-8,10-11H,3,9H2,1-2H3. The van der Waals surface area contributed by atoms with Crippen molar-refractivity contribution in [1.29, 1.82) is 0 Å². The van der Waals surface area contributed by atoms with Gasteiger partial charge in [-0.3, -0.25) is 4.98 Å². The van der Waals surface area contributed by atoms with E-state index in [1.807, 2.05) is 38.1 Å². The van der Waals surface area contributed by atoms with Crippen molar-refractivity contribution in [3.05, 3.63) is 58.6 Å². The van der Waals surface area contributed by atoms with Gasteiger partial charge in [0.2, 0.25) is 0 Å². The molecule has 112 valence electrons. The predicted octanol–water partition coefficient (Wildman–Crippen LogP) is 3.95. The molecule has 0 amide bonds. The highest BCUT2D eigenvalue weighted by molar-refractivity contribution is 5.93. The Labute approximate surface area is 128 Å². The zero-order valence-electron chi connectivity index (χ0n) is 12.6. The molecule has 0 aliphatic carbocycles. The second kappa shape index (κ2) is 6.02. The summed E-state index contributed by atoms with van der Waals surface area (Å²) in [5.41, 5.74) is 2.72. The van der Waals surface area contributed by atoms with Crippen molar-refractivity contribution in [2.24, 2.45) is 0 Å². The molecule has 0 aliphatic heterocycles. The first-order valence-corrected chi connectivity index (χ1v) is 7.31. The fourth-order valence-corrected chi connectivity index (χ4v) is 2.42. The van der Waals surface area contributed by atoms with Crippen LogP contribution in [0, 0.1) is 6.92 Å². The lowest BCUT2D eigenvalue weighted by Gasteiger charge is -2.09. The van der Waals surface area contributed by atoms with Crippen LogP contribution < -0.4 is 10.4 Å². The van der Waals surface area contributed by atoms with Crippen LogP contribution in [0.25, 0.3) is 22.2 Å². The van der Waals surface area contributed by atoms with Gasteiger partial charge in [0.15, 0.2) is 0 Å². The molecule has 4 nitrogen and oxygen atoms in total. The number of nitrogens with zero attached hydrogens (tertiary/aromatic N) is 1. The number of aromatic nitrogens is 1. The van der Waals surface area contributed by atoms with E-state index in [0.717, 1.165) is 28.6 Å². The van der Waals surface area contributed by atoms with Crippen LogP contribution in [0.15, 0.2) is 51.8 Å². The van der Waals surface area contributed by atoms with Gasteiger partial charge in [0, 0.05) is 29.3 Å². The molecular weight excluding hydrogens is 278 g/mol. The van der Waals surface area contributed by atoms with Crippen molar-refractivity contribution >= 4 is 11.0 Å². The van der Waals surface area contributed by atoms with E-state index in [-0.39, 0.29) is 5.63 Å². The minimum atomic E-state index is -0.389. The molecular formula is C18H17NO3. The molecule has 0 N–H and O–H groups in total. The third kappa shape index (κ3) is 2.72. The van der Waals surface area contributed by atoms with Gasteiger partial charge in [-0.05, 0) is 37.1 Å². The van der Waals surface area contributed by atoms with E-state index in [4.69, 9.17) is 9.15 Å². The van der Waals surface area contributed by atoms with Gasteiger partial charge in [0.1, 0.15) is 11.3 Å². The molecule has 0 unspecified atom stereocenters. The molecule has 0 radical (unpaired) electrons. The Balaban J connectivity index is 2.19. The highest BCUT2D eigenvalue weighted by atomic mass is 16.5. The molecule has 0 fully saturated rings. The summed E-state index contributed by atoms with van der Waals surface area (Å²) in [5, 5.41) is 0.852. The zero-order chi connectivity index (χ0) is 15.5. The van der Waals surface area contributed by atoms with Gasteiger partial charge in [-0.25, -0.2) is 4.79 Å². The molecule has 0 atom stereocenters. The Morgan fingerprint density at radius 3 is 2.86 bits per heavy atom. The number of ether oxygens (including phenoxy) is 1. The molecule has 0 saturated heterocycles. The van der Waals surface area contributed by atoms with E-state index in [2.05, 4.69) is 4.98 Å². The van der Waals surface area contributed by atoms with E-state index in [0.29, 0.717) is 17.9 Å². The first-order valence-electron chi connectivity index (χ1n) is 7.31. The normalized spacial score (nSPS) is 10.8. The van der Waals surface area contributed by atoms with Crippen molar-refractivity contribution in [2.75, 3.05) is 6.61 Å². The molecule has 0 spiro atoms. The van der Waals surface area contributed by atoms with Crippen molar-refractivity contribution in [2.45, 2.75) is 20.3 Å². The number of hydrogen-bond acceptors (Lipinski definition) is 4. The maximum absolute atomic E-state index is 11.9.